The molecule has 0 spiro atoms. The smallest absolute Gasteiger partial charge is 0.337 e. The number of fused-ring (bicyclic) bond motifs is 1. The molecule has 1 aromatic heterocycles. The van der Waals surface area contributed by atoms with Crippen LogP contribution in [0.5, 0.6) is 5.88 Å². The van der Waals surface area contributed by atoms with Crippen LogP contribution in [-0.4, -0.2) is 31.2 Å². The number of pyridine rings is 1. The molecule has 0 unspecified atom stereocenters. The molecule has 0 amide bonds. The summed E-state index contributed by atoms with van der Waals surface area (Å²) in [5, 5.41) is 3.27. The normalized spacial score (nSPS) is 13.8. The van der Waals surface area contributed by atoms with Gasteiger partial charge in [0.05, 0.1) is 18.4 Å². The zero-order valence-electron chi connectivity index (χ0n) is 11.8. The Morgan fingerprint density at radius 3 is 2.81 bits per heavy atom. The van der Waals surface area contributed by atoms with E-state index in [-0.39, 0.29) is 5.97 Å². The number of carbonyl (C=O) groups excluding carboxylic acids is 1. The molecular weight excluding hydrogens is 268 g/mol. The van der Waals surface area contributed by atoms with Gasteiger partial charge in [0, 0.05) is 24.2 Å². The fourth-order valence-electron chi connectivity index (χ4n) is 2.23. The second-order valence-corrected chi connectivity index (χ2v) is 4.75. The number of hydrogen-bond donors (Lipinski definition) is 1. The minimum absolute atomic E-state index is 0.342. The number of rotatable bonds is 2. The second-order valence-electron chi connectivity index (χ2n) is 4.75. The highest BCUT2D eigenvalue weighted by Gasteiger charge is 2.12. The van der Waals surface area contributed by atoms with Crippen molar-refractivity contribution in [3.63, 3.8) is 0 Å². The van der Waals surface area contributed by atoms with Crippen LogP contribution in [0.1, 0.15) is 15.9 Å². The highest BCUT2D eigenvalue weighted by Crippen LogP contribution is 2.24. The Morgan fingerprint density at radius 1 is 1.24 bits per heavy atom. The molecule has 0 saturated carbocycles. The van der Waals surface area contributed by atoms with Gasteiger partial charge in [0.15, 0.2) is 0 Å². The molecule has 3 rings (SSSR count). The number of esters is 1. The number of ether oxygens (including phenoxy) is 2. The lowest BCUT2D eigenvalue weighted by Gasteiger charge is -2.08. The van der Waals surface area contributed by atoms with E-state index in [9.17, 15) is 4.79 Å². The molecule has 0 fully saturated rings. The van der Waals surface area contributed by atoms with Gasteiger partial charge in [-0.3, -0.25) is 0 Å². The molecule has 1 aliphatic rings. The van der Waals surface area contributed by atoms with Crippen LogP contribution in [0.25, 0.3) is 11.3 Å². The molecule has 0 saturated heterocycles. The van der Waals surface area contributed by atoms with Crippen molar-refractivity contribution >= 4 is 5.97 Å². The van der Waals surface area contributed by atoms with Gasteiger partial charge in [-0.1, -0.05) is 18.2 Å². The zero-order valence-corrected chi connectivity index (χ0v) is 11.8. The monoisotopic (exact) mass is 284 g/mol. The summed E-state index contributed by atoms with van der Waals surface area (Å²) in [6.45, 7) is 2.20. The van der Waals surface area contributed by atoms with Crippen LogP contribution < -0.4 is 10.1 Å². The molecule has 2 heterocycles. The van der Waals surface area contributed by atoms with Crippen LogP contribution in [0.3, 0.4) is 0 Å². The number of aromatic nitrogens is 1. The molecule has 1 aliphatic heterocycles. The SMILES string of the molecule is COC(=O)c1ccc(-c2ccc3c(n2)OCCNC3)cc1. The Balaban J connectivity index is 1.90. The average Bonchev–Trinajstić information content (AvgIpc) is 2.79. The summed E-state index contributed by atoms with van der Waals surface area (Å²) in [6.07, 6.45) is 0. The lowest BCUT2D eigenvalue weighted by Crippen LogP contribution is -2.16. The highest BCUT2D eigenvalue weighted by atomic mass is 16.5. The van der Waals surface area contributed by atoms with Gasteiger partial charge in [-0.25, -0.2) is 9.78 Å². The van der Waals surface area contributed by atoms with Gasteiger partial charge in [0.25, 0.3) is 0 Å². The van der Waals surface area contributed by atoms with E-state index in [0.717, 1.165) is 29.9 Å². The fraction of sp³-hybridized carbons (Fsp3) is 0.250. The molecule has 0 bridgehead atoms. The van der Waals surface area contributed by atoms with Crippen molar-refractivity contribution in [2.24, 2.45) is 0 Å². The van der Waals surface area contributed by atoms with E-state index in [0.29, 0.717) is 18.1 Å². The third-order valence-corrected chi connectivity index (χ3v) is 3.37. The number of benzene rings is 1. The molecule has 0 radical (unpaired) electrons. The van der Waals surface area contributed by atoms with Gasteiger partial charge >= 0.3 is 5.97 Å². The standard InChI is InChI=1S/C16H16N2O3/c1-20-16(19)12-4-2-11(3-5-12)14-7-6-13-10-17-8-9-21-15(13)18-14/h2-7,17H,8-10H2,1H3. The van der Waals surface area contributed by atoms with E-state index in [1.165, 1.54) is 7.11 Å². The number of methoxy groups -OCH3 is 1. The predicted octanol–water partition coefficient (Wildman–Crippen LogP) is 2.02. The molecule has 0 aliphatic carbocycles. The van der Waals surface area contributed by atoms with Gasteiger partial charge in [-0.15, -0.1) is 0 Å². The van der Waals surface area contributed by atoms with Crippen molar-refractivity contribution in [3.05, 3.63) is 47.5 Å². The minimum atomic E-state index is -0.342. The van der Waals surface area contributed by atoms with E-state index in [1.807, 2.05) is 24.3 Å². The van der Waals surface area contributed by atoms with Crippen molar-refractivity contribution in [3.8, 4) is 17.1 Å². The van der Waals surface area contributed by atoms with Crippen LogP contribution in [0.2, 0.25) is 0 Å². The first-order valence-corrected chi connectivity index (χ1v) is 6.80. The summed E-state index contributed by atoms with van der Waals surface area (Å²) in [7, 11) is 1.37. The van der Waals surface area contributed by atoms with E-state index < -0.39 is 0 Å². The summed E-state index contributed by atoms with van der Waals surface area (Å²) < 4.78 is 10.3. The quantitative estimate of drug-likeness (QED) is 0.855. The Kier molecular flexibility index (Phi) is 3.83. The van der Waals surface area contributed by atoms with Crippen LogP contribution >= 0.6 is 0 Å². The first-order valence-electron chi connectivity index (χ1n) is 6.80. The summed E-state index contributed by atoms with van der Waals surface area (Å²) in [4.78, 5) is 16.0. The van der Waals surface area contributed by atoms with E-state index in [2.05, 4.69) is 15.0 Å². The second kappa shape index (κ2) is 5.93. The van der Waals surface area contributed by atoms with Crippen LogP contribution in [-0.2, 0) is 11.3 Å². The molecular formula is C16H16N2O3. The number of nitrogens with one attached hydrogen (secondary N) is 1. The third kappa shape index (κ3) is 2.87. The molecule has 1 N–H and O–H groups in total. The van der Waals surface area contributed by atoms with E-state index >= 15 is 0 Å². The number of hydrogen-bond acceptors (Lipinski definition) is 5. The Morgan fingerprint density at radius 2 is 2.05 bits per heavy atom. The molecule has 5 nitrogen and oxygen atoms in total. The first kappa shape index (κ1) is 13.6. The summed E-state index contributed by atoms with van der Waals surface area (Å²) >= 11 is 0. The van der Waals surface area contributed by atoms with Gasteiger partial charge < -0.3 is 14.8 Å². The molecule has 5 heteroatoms. The largest absolute Gasteiger partial charge is 0.476 e. The molecule has 0 atom stereocenters. The lowest BCUT2D eigenvalue weighted by atomic mass is 10.1. The van der Waals surface area contributed by atoms with Crippen molar-refractivity contribution in [2.75, 3.05) is 20.3 Å². The maximum Gasteiger partial charge on any atom is 0.337 e. The van der Waals surface area contributed by atoms with Crippen LogP contribution in [0.15, 0.2) is 36.4 Å². The maximum atomic E-state index is 11.4. The molecule has 1 aromatic carbocycles. The Bertz CT molecular complexity index is 653. The maximum absolute atomic E-state index is 11.4. The predicted molar refractivity (Wildman–Crippen MR) is 78.2 cm³/mol. The van der Waals surface area contributed by atoms with Crippen molar-refractivity contribution in [1.29, 1.82) is 0 Å². The van der Waals surface area contributed by atoms with Crippen molar-refractivity contribution in [1.82, 2.24) is 10.3 Å². The van der Waals surface area contributed by atoms with Gasteiger partial charge in [0.1, 0.15) is 6.61 Å². The highest BCUT2D eigenvalue weighted by molar-refractivity contribution is 5.89. The zero-order chi connectivity index (χ0) is 14.7. The van der Waals surface area contributed by atoms with Crippen molar-refractivity contribution < 1.29 is 14.3 Å². The van der Waals surface area contributed by atoms with Crippen molar-refractivity contribution in [2.45, 2.75) is 6.54 Å². The number of carbonyl (C=O) groups is 1. The fourth-order valence-corrected chi connectivity index (χ4v) is 2.23. The van der Waals surface area contributed by atoms with Crippen LogP contribution in [0, 0.1) is 0 Å². The summed E-state index contributed by atoms with van der Waals surface area (Å²) in [5.41, 5.74) is 3.34. The molecule has 21 heavy (non-hydrogen) atoms. The third-order valence-electron chi connectivity index (χ3n) is 3.37. The molecule has 108 valence electrons. The van der Waals surface area contributed by atoms with Gasteiger partial charge in [-0.05, 0) is 18.2 Å². The first-order chi connectivity index (χ1) is 10.3. The average molecular weight is 284 g/mol. The van der Waals surface area contributed by atoms with Crippen LogP contribution in [0.4, 0.5) is 0 Å². The lowest BCUT2D eigenvalue weighted by molar-refractivity contribution is 0.0601. The molecule has 2 aromatic rings. The summed E-state index contributed by atoms with van der Waals surface area (Å²) in [5.74, 6) is 0.334. The topological polar surface area (TPSA) is 60.5 Å². The van der Waals surface area contributed by atoms with Gasteiger partial charge in [0.2, 0.25) is 5.88 Å². The van der Waals surface area contributed by atoms with E-state index in [1.54, 1.807) is 12.1 Å². The minimum Gasteiger partial charge on any atom is -0.476 e. The summed E-state index contributed by atoms with van der Waals surface area (Å²) in [6, 6.07) is 11.2. The van der Waals surface area contributed by atoms with E-state index in [4.69, 9.17) is 4.74 Å². The Labute approximate surface area is 122 Å². The van der Waals surface area contributed by atoms with Gasteiger partial charge in [-0.2, -0.15) is 0 Å². The number of nitrogens with zero attached hydrogens (tertiary/aromatic N) is 1. The Hall–Kier alpha value is -2.40.